The summed E-state index contributed by atoms with van der Waals surface area (Å²) in [5.41, 5.74) is 6.18. The fourth-order valence-corrected chi connectivity index (χ4v) is 2.25. The maximum absolute atomic E-state index is 5.76. The van der Waals surface area contributed by atoms with E-state index in [2.05, 4.69) is 33.4 Å². The normalized spacial score (nSPS) is 11.0. The Balaban J connectivity index is 1.67. The first kappa shape index (κ1) is 14.6. The van der Waals surface area contributed by atoms with Gasteiger partial charge in [0.15, 0.2) is 0 Å². The highest BCUT2D eigenvalue weighted by atomic mass is 79.9. The van der Waals surface area contributed by atoms with Crippen LogP contribution < -0.4 is 5.43 Å². The number of rotatable bonds is 4. The second kappa shape index (κ2) is 6.62. The number of hydrogen-bond donors (Lipinski definition) is 1. The Labute approximate surface area is 137 Å². The van der Waals surface area contributed by atoms with Crippen molar-refractivity contribution in [3.05, 3.63) is 76.5 Å². The second-order valence-corrected chi connectivity index (χ2v) is 5.86. The molecule has 0 spiro atoms. The highest BCUT2D eigenvalue weighted by Crippen LogP contribution is 2.23. The van der Waals surface area contributed by atoms with E-state index < -0.39 is 0 Å². The summed E-state index contributed by atoms with van der Waals surface area (Å²) in [7, 11) is 0. The van der Waals surface area contributed by atoms with Gasteiger partial charge in [-0.3, -0.25) is 5.43 Å². The summed E-state index contributed by atoms with van der Waals surface area (Å²) >= 11 is 3.42. The third-order valence-corrected chi connectivity index (χ3v) is 3.72. The Hall–Kier alpha value is -2.33. The number of aryl methyl sites for hydroxylation is 1. The van der Waals surface area contributed by atoms with Crippen LogP contribution in [-0.2, 0) is 0 Å². The molecule has 0 fully saturated rings. The van der Waals surface area contributed by atoms with Crippen LogP contribution in [0.15, 0.2) is 74.7 Å². The predicted molar refractivity (Wildman–Crippen MR) is 94.2 cm³/mol. The molecule has 3 rings (SSSR count). The van der Waals surface area contributed by atoms with Gasteiger partial charge in [0, 0.05) is 10.0 Å². The topological polar surface area (TPSA) is 37.5 Å². The van der Waals surface area contributed by atoms with Gasteiger partial charge in [0.1, 0.15) is 11.5 Å². The molecule has 0 aliphatic carbocycles. The molecule has 1 aromatic heterocycles. The predicted octanol–water partition coefficient (Wildman–Crippen LogP) is 5.46. The molecule has 1 N–H and O–H groups in total. The lowest BCUT2D eigenvalue weighted by Gasteiger charge is -1.99. The van der Waals surface area contributed by atoms with Gasteiger partial charge in [-0.05, 0) is 43.3 Å². The van der Waals surface area contributed by atoms with Crippen molar-refractivity contribution in [1.29, 1.82) is 0 Å². The average Bonchev–Trinajstić information content (AvgIpc) is 2.99. The van der Waals surface area contributed by atoms with E-state index in [-0.39, 0.29) is 0 Å². The molecule has 110 valence electrons. The quantitative estimate of drug-likeness (QED) is 0.498. The highest BCUT2D eigenvalue weighted by molar-refractivity contribution is 9.10. The molecule has 0 atom stereocenters. The summed E-state index contributed by atoms with van der Waals surface area (Å²) in [5, 5.41) is 4.19. The Morgan fingerprint density at radius 3 is 2.41 bits per heavy atom. The highest BCUT2D eigenvalue weighted by Gasteiger charge is 2.03. The molecule has 0 radical (unpaired) electrons. The van der Waals surface area contributed by atoms with Crippen LogP contribution in [0.1, 0.15) is 11.3 Å². The monoisotopic (exact) mass is 354 g/mol. The zero-order valence-corrected chi connectivity index (χ0v) is 13.7. The van der Waals surface area contributed by atoms with Gasteiger partial charge in [-0.2, -0.15) is 5.10 Å². The minimum Gasteiger partial charge on any atom is -0.455 e. The second-order valence-electron chi connectivity index (χ2n) is 4.94. The van der Waals surface area contributed by atoms with Crippen molar-refractivity contribution in [2.75, 3.05) is 5.43 Å². The first-order valence-electron chi connectivity index (χ1n) is 6.92. The summed E-state index contributed by atoms with van der Waals surface area (Å²) < 4.78 is 6.81. The van der Waals surface area contributed by atoms with Crippen molar-refractivity contribution in [2.45, 2.75) is 6.92 Å². The Bertz CT molecular complexity index is 774. The minimum absolute atomic E-state index is 0.706. The molecule has 0 saturated carbocycles. The fraction of sp³-hybridized carbons (Fsp3) is 0.0556. The van der Waals surface area contributed by atoms with Gasteiger partial charge in [-0.15, -0.1) is 0 Å². The zero-order chi connectivity index (χ0) is 15.4. The van der Waals surface area contributed by atoms with E-state index >= 15 is 0 Å². The standard InChI is InChI=1S/C18H15BrN2O/c1-13-2-8-16(9-3-13)21-20-12-17-10-11-18(22-17)14-4-6-15(19)7-5-14/h2-12,21H,1H3. The number of anilines is 1. The van der Waals surface area contributed by atoms with Gasteiger partial charge >= 0.3 is 0 Å². The summed E-state index contributed by atoms with van der Waals surface area (Å²) in [5.74, 6) is 1.53. The van der Waals surface area contributed by atoms with E-state index in [0.717, 1.165) is 21.5 Å². The van der Waals surface area contributed by atoms with Crippen molar-refractivity contribution in [1.82, 2.24) is 0 Å². The number of nitrogens with zero attached hydrogens (tertiary/aromatic N) is 1. The lowest BCUT2D eigenvalue weighted by Crippen LogP contribution is -1.89. The molecule has 2 aromatic carbocycles. The summed E-state index contributed by atoms with van der Waals surface area (Å²) in [6, 6.07) is 19.9. The molecular weight excluding hydrogens is 340 g/mol. The van der Waals surface area contributed by atoms with Crippen LogP contribution >= 0.6 is 15.9 Å². The van der Waals surface area contributed by atoms with Gasteiger partial charge in [0.05, 0.1) is 11.9 Å². The summed E-state index contributed by atoms with van der Waals surface area (Å²) in [6.07, 6.45) is 1.67. The third-order valence-electron chi connectivity index (χ3n) is 3.19. The van der Waals surface area contributed by atoms with Gasteiger partial charge in [0.25, 0.3) is 0 Å². The van der Waals surface area contributed by atoms with Crippen LogP contribution in [-0.4, -0.2) is 6.21 Å². The SMILES string of the molecule is Cc1ccc(NN=Cc2ccc(-c3ccc(Br)cc3)o2)cc1. The van der Waals surface area contributed by atoms with Crippen molar-refractivity contribution in [3.8, 4) is 11.3 Å². The summed E-state index contributed by atoms with van der Waals surface area (Å²) in [4.78, 5) is 0. The third kappa shape index (κ3) is 3.65. The van der Waals surface area contributed by atoms with Crippen molar-refractivity contribution < 1.29 is 4.42 Å². The molecule has 0 aliphatic rings. The van der Waals surface area contributed by atoms with E-state index in [1.165, 1.54) is 5.56 Å². The van der Waals surface area contributed by atoms with E-state index in [1.54, 1.807) is 6.21 Å². The Morgan fingerprint density at radius 2 is 1.68 bits per heavy atom. The van der Waals surface area contributed by atoms with E-state index in [0.29, 0.717) is 5.76 Å². The van der Waals surface area contributed by atoms with E-state index in [4.69, 9.17) is 4.42 Å². The molecule has 0 unspecified atom stereocenters. The zero-order valence-electron chi connectivity index (χ0n) is 12.1. The smallest absolute Gasteiger partial charge is 0.147 e. The molecule has 22 heavy (non-hydrogen) atoms. The van der Waals surface area contributed by atoms with Crippen LogP contribution in [0.3, 0.4) is 0 Å². The first-order valence-corrected chi connectivity index (χ1v) is 7.71. The van der Waals surface area contributed by atoms with Crippen molar-refractivity contribution in [3.63, 3.8) is 0 Å². The van der Waals surface area contributed by atoms with Crippen LogP contribution in [0.4, 0.5) is 5.69 Å². The van der Waals surface area contributed by atoms with Gasteiger partial charge < -0.3 is 4.42 Å². The average molecular weight is 355 g/mol. The maximum atomic E-state index is 5.76. The van der Waals surface area contributed by atoms with Crippen molar-refractivity contribution >= 4 is 27.8 Å². The van der Waals surface area contributed by atoms with Gasteiger partial charge in [0.2, 0.25) is 0 Å². The largest absolute Gasteiger partial charge is 0.455 e. The number of furan rings is 1. The molecule has 3 aromatic rings. The lowest BCUT2D eigenvalue weighted by atomic mass is 10.2. The maximum Gasteiger partial charge on any atom is 0.147 e. The molecule has 1 heterocycles. The molecule has 0 saturated heterocycles. The van der Waals surface area contributed by atoms with E-state index in [1.807, 2.05) is 60.7 Å². The number of hydrazone groups is 1. The van der Waals surface area contributed by atoms with Crippen LogP contribution in [0.25, 0.3) is 11.3 Å². The number of halogens is 1. The Kier molecular flexibility index (Phi) is 4.39. The molecule has 0 bridgehead atoms. The van der Waals surface area contributed by atoms with Gasteiger partial charge in [-0.1, -0.05) is 45.8 Å². The Morgan fingerprint density at radius 1 is 0.955 bits per heavy atom. The number of hydrogen-bond acceptors (Lipinski definition) is 3. The fourth-order valence-electron chi connectivity index (χ4n) is 1.99. The first-order chi connectivity index (χ1) is 10.7. The molecule has 0 amide bonds. The molecular formula is C18H15BrN2O. The lowest BCUT2D eigenvalue weighted by molar-refractivity contribution is 0.575. The van der Waals surface area contributed by atoms with Gasteiger partial charge in [-0.25, -0.2) is 0 Å². The van der Waals surface area contributed by atoms with Crippen LogP contribution in [0.5, 0.6) is 0 Å². The summed E-state index contributed by atoms with van der Waals surface area (Å²) in [6.45, 7) is 2.06. The number of nitrogens with one attached hydrogen (secondary N) is 1. The molecule has 4 heteroatoms. The van der Waals surface area contributed by atoms with Crippen molar-refractivity contribution in [2.24, 2.45) is 5.10 Å². The molecule has 0 aliphatic heterocycles. The minimum atomic E-state index is 0.706. The van der Waals surface area contributed by atoms with Crippen LogP contribution in [0.2, 0.25) is 0 Å². The van der Waals surface area contributed by atoms with Crippen LogP contribution in [0, 0.1) is 6.92 Å². The van der Waals surface area contributed by atoms with E-state index in [9.17, 15) is 0 Å². The molecule has 3 nitrogen and oxygen atoms in total. The number of benzene rings is 2.